The van der Waals surface area contributed by atoms with Crippen molar-refractivity contribution in [2.45, 2.75) is 46.0 Å². The van der Waals surface area contributed by atoms with E-state index in [0.29, 0.717) is 41.7 Å². The number of benzene rings is 4. The Bertz CT molecular complexity index is 1860. The van der Waals surface area contributed by atoms with E-state index in [9.17, 15) is 14.4 Å². The fourth-order valence-electron chi connectivity index (χ4n) is 5.27. The molecule has 10 heteroatoms. The number of carbonyl (C=O) groups is 2. The third kappa shape index (κ3) is 8.55. The van der Waals surface area contributed by atoms with Gasteiger partial charge in [-0.05, 0) is 59.9 Å². The summed E-state index contributed by atoms with van der Waals surface area (Å²) in [5.41, 5.74) is 3.93. The van der Waals surface area contributed by atoms with Crippen molar-refractivity contribution in [1.29, 1.82) is 0 Å². The minimum Gasteiger partial charge on any atom is -0.497 e. The Morgan fingerprint density at radius 2 is 1.57 bits per heavy atom. The molecule has 1 aromatic heterocycles. The zero-order valence-corrected chi connectivity index (χ0v) is 26.7. The van der Waals surface area contributed by atoms with E-state index in [0.717, 1.165) is 22.3 Å². The number of aromatic nitrogens is 1. The third-order valence-corrected chi connectivity index (χ3v) is 7.91. The summed E-state index contributed by atoms with van der Waals surface area (Å²) < 4.78 is 16.2. The van der Waals surface area contributed by atoms with Gasteiger partial charge in [-0.15, -0.1) is 0 Å². The number of alkyl carbamates (subject to hydrolysis) is 1. The van der Waals surface area contributed by atoms with Crippen molar-refractivity contribution >= 4 is 28.9 Å². The largest absolute Gasteiger partial charge is 0.497 e. The van der Waals surface area contributed by atoms with Crippen molar-refractivity contribution in [3.63, 3.8) is 0 Å². The minimum absolute atomic E-state index is 0.0557. The predicted octanol–water partition coefficient (Wildman–Crippen LogP) is 6.00. The molecule has 0 spiro atoms. The smallest absolute Gasteiger partial charge is 0.407 e. The summed E-state index contributed by atoms with van der Waals surface area (Å²) >= 11 is 0. The lowest BCUT2D eigenvalue weighted by Crippen LogP contribution is -2.44. The molecule has 0 radical (unpaired) electrons. The maximum Gasteiger partial charge on any atom is 0.407 e. The van der Waals surface area contributed by atoms with Crippen molar-refractivity contribution in [1.82, 2.24) is 15.2 Å². The van der Waals surface area contributed by atoms with Gasteiger partial charge in [0.1, 0.15) is 18.4 Å². The SMILES string of the molecule is CCN(Cc1ccccc1)C(=O)C(Cc1ccc(OC)cc1)Nc1nc2ccc(CNC(=O)OCc3ccccc3)c(C)c2c(=O)o1. The summed E-state index contributed by atoms with van der Waals surface area (Å²) in [7, 11) is 1.60. The summed E-state index contributed by atoms with van der Waals surface area (Å²) in [5.74, 6) is 0.550. The number of methoxy groups -OCH3 is 1. The number of nitrogens with zero attached hydrogens (tertiary/aromatic N) is 2. The summed E-state index contributed by atoms with van der Waals surface area (Å²) in [6.07, 6.45) is -0.249. The van der Waals surface area contributed by atoms with Gasteiger partial charge < -0.3 is 29.4 Å². The van der Waals surface area contributed by atoms with Gasteiger partial charge in [-0.2, -0.15) is 4.98 Å². The molecule has 0 aliphatic heterocycles. The molecule has 47 heavy (non-hydrogen) atoms. The molecule has 0 saturated carbocycles. The standard InChI is InChI=1S/C37H38N4O6/c1-4-41(23-27-11-7-5-8-12-27)34(42)32(21-26-15-18-30(45-3)19-16-26)40-36-39-31-20-17-29(25(2)33(31)35(43)47-36)22-38-37(44)46-24-28-13-9-6-10-14-28/h5-20,32H,4,21-24H2,1-3H3,(H,38,44)(H,39,40). The van der Waals surface area contributed by atoms with Gasteiger partial charge in [0.2, 0.25) is 5.91 Å². The molecule has 1 atom stereocenters. The first-order valence-electron chi connectivity index (χ1n) is 15.4. The second-order valence-corrected chi connectivity index (χ2v) is 11.1. The quantitative estimate of drug-likeness (QED) is 0.162. The first-order chi connectivity index (χ1) is 22.8. The van der Waals surface area contributed by atoms with E-state index in [1.165, 1.54) is 0 Å². The van der Waals surface area contributed by atoms with Crippen molar-refractivity contribution in [3.8, 4) is 5.75 Å². The molecule has 0 aliphatic carbocycles. The minimum atomic E-state index is -0.772. The fraction of sp³-hybridized carbons (Fsp3) is 0.243. The predicted molar refractivity (Wildman–Crippen MR) is 180 cm³/mol. The molecule has 0 saturated heterocycles. The molecule has 0 aliphatic rings. The van der Waals surface area contributed by atoms with Crippen LogP contribution in [0.15, 0.2) is 106 Å². The van der Waals surface area contributed by atoms with Gasteiger partial charge in [-0.3, -0.25) is 4.79 Å². The van der Waals surface area contributed by atoms with Crippen molar-refractivity contribution < 1.29 is 23.5 Å². The fourth-order valence-corrected chi connectivity index (χ4v) is 5.27. The maximum absolute atomic E-state index is 14.0. The lowest BCUT2D eigenvalue weighted by Gasteiger charge is -2.27. The highest BCUT2D eigenvalue weighted by Gasteiger charge is 2.26. The highest BCUT2D eigenvalue weighted by Crippen LogP contribution is 2.21. The van der Waals surface area contributed by atoms with Crippen molar-refractivity contribution in [2.24, 2.45) is 0 Å². The molecule has 4 aromatic carbocycles. The molecular formula is C37H38N4O6. The number of aryl methyl sites for hydroxylation is 1. The van der Waals surface area contributed by atoms with Gasteiger partial charge in [0.05, 0.1) is 18.0 Å². The number of amides is 2. The van der Waals surface area contributed by atoms with Crippen LogP contribution >= 0.6 is 0 Å². The van der Waals surface area contributed by atoms with Gasteiger partial charge in [-0.25, -0.2) is 9.59 Å². The van der Waals surface area contributed by atoms with Crippen LogP contribution in [0.25, 0.3) is 10.9 Å². The van der Waals surface area contributed by atoms with Crippen LogP contribution in [-0.4, -0.2) is 41.6 Å². The first kappa shape index (κ1) is 32.7. The van der Waals surface area contributed by atoms with Gasteiger partial charge >= 0.3 is 11.7 Å². The average Bonchev–Trinajstić information content (AvgIpc) is 3.10. The molecule has 0 bridgehead atoms. The second kappa shape index (κ2) is 15.6. The molecule has 2 amide bonds. The summed E-state index contributed by atoms with van der Waals surface area (Å²) in [6, 6.07) is 29.3. The van der Waals surface area contributed by atoms with E-state index in [1.807, 2.05) is 91.9 Å². The van der Waals surface area contributed by atoms with Crippen LogP contribution in [0.1, 0.15) is 34.7 Å². The highest BCUT2D eigenvalue weighted by atomic mass is 16.5. The van der Waals surface area contributed by atoms with Gasteiger partial charge in [0.25, 0.3) is 6.01 Å². The van der Waals surface area contributed by atoms with E-state index in [2.05, 4.69) is 15.6 Å². The summed E-state index contributed by atoms with van der Waals surface area (Å²) in [4.78, 5) is 45.9. The maximum atomic E-state index is 14.0. The van der Waals surface area contributed by atoms with Crippen LogP contribution in [-0.2, 0) is 35.6 Å². The number of ether oxygens (including phenoxy) is 2. The lowest BCUT2D eigenvalue weighted by atomic mass is 10.0. The van der Waals surface area contributed by atoms with E-state index < -0.39 is 17.8 Å². The Hall–Kier alpha value is -5.64. The molecule has 0 fully saturated rings. The number of nitrogens with one attached hydrogen (secondary N) is 2. The molecule has 5 aromatic rings. The Balaban J connectivity index is 1.34. The molecule has 2 N–H and O–H groups in total. The normalized spacial score (nSPS) is 11.5. The molecule has 1 heterocycles. The Morgan fingerprint density at radius 3 is 2.23 bits per heavy atom. The van der Waals surface area contributed by atoms with Crippen molar-refractivity contribution in [2.75, 3.05) is 19.0 Å². The first-order valence-corrected chi connectivity index (χ1v) is 15.4. The van der Waals surface area contributed by atoms with Gasteiger partial charge in [-0.1, -0.05) is 78.9 Å². The van der Waals surface area contributed by atoms with Crippen molar-refractivity contribution in [3.05, 3.63) is 135 Å². The van der Waals surface area contributed by atoms with Crippen LogP contribution in [0.5, 0.6) is 5.75 Å². The summed E-state index contributed by atoms with van der Waals surface area (Å²) in [5, 5.41) is 6.14. The summed E-state index contributed by atoms with van der Waals surface area (Å²) in [6.45, 7) is 4.93. The monoisotopic (exact) mass is 634 g/mol. The molecule has 5 rings (SSSR count). The van der Waals surface area contributed by atoms with Crippen LogP contribution in [0, 0.1) is 6.92 Å². The Kier molecular flexibility index (Phi) is 10.9. The molecule has 10 nitrogen and oxygen atoms in total. The second-order valence-electron chi connectivity index (χ2n) is 11.1. The van der Waals surface area contributed by atoms with Crippen LogP contribution < -0.4 is 21.0 Å². The topological polar surface area (TPSA) is 123 Å². The lowest BCUT2D eigenvalue weighted by molar-refractivity contribution is -0.132. The van der Waals surface area contributed by atoms with Crippen LogP contribution in [0.4, 0.5) is 10.8 Å². The van der Waals surface area contributed by atoms with E-state index in [1.54, 1.807) is 31.1 Å². The molecule has 242 valence electrons. The van der Waals surface area contributed by atoms with Crippen LogP contribution in [0.3, 0.4) is 0 Å². The van der Waals surface area contributed by atoms with E-state index >= 15 is 0 Å². The Morgan fingerprint density at radius 1 is 0.894 bits per heavy atom. The highest BCUT2D eigenvalue weighted by molar-refractivity contribution is 5.86. The third-order valence-electron chi connectivity index (χ3n) is 7.91. The Labute approximate surface area is 273 Å². The van der Waals surface area contributed by atoms with E-state index in [4.69, 9.17) is 13.9 Å². The zero-order chi connectivity index (χ0) is 33.2. The number of carbonyl (C=O) groups excluding carboxylic acids is 2. The molecular weight excluding hydrogens is 596 g/mol. The van der Waals surface area contributed by atoms with Gasteiger partial charge in [0, 0.05) is 26.1 Å². The van der Waals surface area contributed by atoms with E-state index in [-0.39, 0.29) is 25.1 Å². The number of hydrogen-bond donors (Lipinski definition) is 2. The average molecular weight is 635 g/mol. The molecule has 1 unspecified atom stereocenters. The van der Waals surface area contributed by atoms with Gasteiger partial charge in [0.15, 0.2) is 0 Å². The number of hydrogen-bond acceptors (Lipinski definition) is 8. The number of likely N-dealkylation sites (N-methyl/N-ethyl adjacent to an activating group) is 1. The zero-order valence-electron chi connectivity index (χ0n) is 26.7. The number of rotatable bonds is 13. The number of fused-ring (bicyclic) bond motifs is 1. The number of anilines is 1. The van der Waals surface area contributed by atoms with Crippen LogP contribution in [0.2, 0.25) is 0 Å².